The number of aromatic nitrogens is 1. The van der Waals surface area contributed by atoms with Gasteiger partial charge in [0, 0.05) is 18.2 Å². The maximum atomic E-state index is 12.9. The van der Waals surface area contributed by atoms with Crippen LogP contribution < -0.4 is 0 Å². The molecule has 24 heavy (non-hydrogen) atoms. The van der Waals surface area contributed by atoms with E-state index in [1.54, 1.807) is 4.90 Å². The number of benzene rings is 1. The number of hydrogen-bond donors (Lipinski definition) is 0. The Kier molecular flexibility index (Phi) is 4.73. The maximum absolute atomic E-state index is 12.9. The van der Waals surface area contributed by atoms with E-state index in [0.29, 0.717) is 23.5 Å². The number of aryl methyl sites for hydroxylation is 1. The van der Waals surface area contributed by atoms with E-state index in [2.05, 4.69) is 4.98 Å². The molecule has 0 bridgehead atoms. The standard InChI is InChI=1S/C17H20N2O3S2/c1-3-19(14-9-10-24(21,22)11-14)17(20)15-12(2)18-16(23-15)13-7-5-4-6-8-13/h4-8,14H,3,9-11H2,1-2H3. The molecule has 1 amide bonds. The monoisotopic (exact) mass is 364 g/mol. The van der Waals surface area contributed by atoms with Gasteiger partial charge in [0.15, 0.2) is 9.84 Å². The van der Waals surface area contributed by atoms with E-state index in [1.165, 1.54) is 11.3 Å². The third-order valence-corrected chi connectivity index (χ3v) is 7.21. The summed E-state index contributed by atoms with van der Waals surface area (Å²) in [6.45, 7) is 4.21. The molecule has 0 aliphatic carbocycles. The van der Waals surface area contributed by atoms with Crippen LogP contribution in [-0.4, -0.2) is 48.3 Å². The molecule has 3 rings (SSSR count). The second kappa shape index (κ2) is 6.64. The molecule has 128 valence electrons. The van der Waals surface area contributed by atoms with Gasteiger partial charge in [0.1, 0.15) is 9.88 Å². The van der Waals surface area contributed by atoms with Gasteiger partial charge < -0.3 is 4.90 Å². The SMILES string of the molecule is CCN(C(=O)c1sc(-c2ccccc2)nc1C)C1CCS(=O)(=O)C1. The van der Waals surface area contributed by atoms with Crippen LogP contribution in [0.3, 0.4) is 0 Å². The zero-order valence-corrected chi connectivity index (χ0v) is 15.4. The summed E-state index contributed by atoms with van der Waals surface area (Å²) in [6.07, 6.45) is 0.519. The lowest BCUT2D eigenvalue weighted by atomic mass is 10.2. The Morgan fingerprint density at radius 2 is 2.04 bits per heavy atom. The number of rotatable bonds is 4. The van der Waals surface area contributed by atoms with Gasteiger partial charge in [-0.3, -0.25) is 4.79 Å². The minimum atomic E-state index is -3.02. The summed E-state index contributed by atoms with van der Waals surface area (Å²) in [6, 6.07) is 9.52. The first-order chi connectivity index (χ1) is 11.4. The molecule has 2 aromatic rings. The van der Waals surface area contributed by atoms with E-state index >= 15 is 0 Å². The van der Waals surface area contributed by atoms with E-state index < -0.39 is 9.84 Å². The van der Waals surface area contributed by atoms with E-state index in [0.717, 1.165) is 10.6 Å². The highest BCUT2D eigenvalue weighted by atomic mass is 32.2. The van der Waals surface area contributed by atoms with Crippen molar-refractivity contribution in [3.05, 3.63) is 40.9 Å². The third kappa shape index (κ3) is 3.37. The zero-order valence-electron chi connectivity index (χ0n) is 13.7. The van der Waals surface area contributed by atoms with Crippen molar-refractivity contribution in [3.63, 3.8) is 0 Å². The molecule has 1 saturated heterocycles. The highest BCUT2D eigenvalue weighted by molar-refractivity contribution is 7.91. The Bertz CT molecular complexity index is 844. The molecule has 1 fully saturated rings. The van der Waals surface area contributed by atoms with E-state index in [-0.39, 0.29) is 23.5 Å². The summed E-state index contributed by atoms with van der Waals surface area (Å²) in [5, 5.41) is 0.812. The average Bonchev–Trinajstić information content (AvgIpc) is 3.11. The minimum Gasteiger partial charge on any atom is -0.334 e. The van der Waals surface area contributed by atoms with Crippen LogP contribution in [0.5, 0.6) is 0 Å². The van der Waals surface area contributed by atoms with Gasteiger partial charge in [-0.25, -0.2) is 13.4 Å². The average molecular weight is 364 g/mol. The van der Waals surface area contributed by atoms with Crippen LogP contribution in [0.25, 0.3) is 10.6 Å². The Hall–Kier alpha value is -1.73. The molecule has 1 atom stereocenters. The number of thiazole rings is 1. The number of nitrogens with zero attached hydrogens (tertiary/aromatic N) is 2. The first kappa shape index (κ1) is 17.1. The fraction of sp³-hybridized carbons (Fsp3) is 0.412. The second-order valence-corrected chi connectivity index (χ2v) is 9.18. The molecule has 2 heterocycles. The number of sulfone groups is 1. The zero-order chi connectivity index (χ0) is 17.3. The van der Waals surface area contributed by atoms with Crippen LogP contribution in [0.1, 0.15) is 28.7 Å². The van der Waals surface area contributed by atoms with Crippen LogP contribution in [-0.2, 0) is 9.84 Å². The van der Waals surface area contributed by atoms with Crippen molar-refractivity contribution >= 4 is 27.1 Å². The summed E-state index contributed by atoms with van der Waals surface area (Å²) >= 11 is 1.37. The van der Waals surface area contributed by atoms with Crippen molar-refractivity contribution in [2.75, 3.05) is 18.1 Å². The van der Waals surface area contributed by atoms with Crippen molar-refractivity contribution < 1.29 is 13.2 Å². The molecule has 0 radical (unpaired) electrons. The maximum Gasteiger partial charge on any atom is 0.266 e. The molecule has 7 heteroatoms. The largest absolute Gasteiger partial charge is 0.334 e. The lowest BCUT2D eigenvalue weighted by Gasteiger charge is -2.26. The first-order valence-corrected chi connectivity index (χ1v) is 10.6. The quantitative estimate of drug-likeness (QED) is 0.837. The van der Waals surface area contributed by atoms with Gasteiger partial charge in [0.05, 0.1) is 17.2 Å². The predicted octanol–water partition coefficient (Wildman–Crippen LogP) is 2.77. The van der Waals surface area contributed by atoms with Crippen LogP contribution in [0.4, 0.5) is 0 Å². The number of hydrogen-bond acceptors (Lipinski definition) is 5. The van der Waals surface area contributed by atoms with Crippen molar-refractivity contribution in [1.82, 2.24) is 9.88 Å². The molecule has 1 unspecified atom stereocenters. The molecule has 1 aromatic heterocycles. The Morgan fingerprint density at radius 1 is 1.33 bits per heavy atom. The second-order valence-electron chi connectivity index (χ2n) is 5.95. The predicted molar refractivity (Wildman–Crippen MR) is 96.1 cm³/mol. The van der Waals surface area contributed by atoms with E-state index in [4.69, 9.17) is 0 Å². The van der Waals surface area contributed by atoms with E-state index in [1.807, 2.05) is 44.2 Å². The normalized spacial score (nSPS) is 19.3. The van der Waals surface area contributed by atoms with E-state index in [9.17, 15) is 13.2 Å². The smallest absolute Gasteiger partial charge is 0.266 e. The minimum absolute atomic E-state index is 0.0655. The summed E-state index contributed by atoms with van der Waals surface area (Å²) in [5.74, 6) is 0.116. The highest BCUT2D eigenvalue weighted by Gasteiger charge is 2.35. The third-order valence-electron chi connectivity index (χ3n) is 4.26. The van der Waals surface area contributed by atoms with Gasteiger partial charge in [0.25, 0.3) is 5.91 Å². The van der Waals surface area contributed by atoms with Gasteiger partial charge >= 0.3 is 0 Å². The van der Waals surface area contributed by atoms with Crippen LogP contribution >= 0.6 is 11.3 Å². The fourth-order valence-corrected chi connectivity index (χ4v) is 5.78. The summed E-state index contributed by atoms with van der Waals surface area (Å²) < 4.78 is 23.5. The number of carbonyl (C=O) groups is 1. The summed E-state index contributed by atoms with van der Waals surface area (Å²) in [7, 11) is -3.02. The lowest BCUT2D eigenvalue weighted by molar-refractivity contribution is 0.0712. The molecule has 0 spiro atoms. The van der Waals surface area contributed by atoms with Gasteiger partial charge in [0.2, 0.25) is 0 Å². The molecule has 5 nitrogen and oxygen atoms in total. The van der Waals surface area contributed by atoms with Gasteiger partial charge in [-0.1, -0.05) is 30.3 Å². The molecular formula is C17H20N2O3S2. The van der Waals surface area contributed by atoms with Crippen molar-refractivity contribution in [2.24, 2.45) is 0 Å². The Labute approximate surface area is 146 Å². The van der Waals surface area contributed by atoms with Crippen molar-refractivity contribution in [3.8, 4) is 10.6 Å². The molecule has 1 aromatic carbocycles. The van der Waals surface area contributed by atoms with Crippen LogP contribution in [0.2, 0.25) is 0 Å². The van der Waals surface area contributed by atoms with Gasteiger partial charge in [-0.15, -0.1) is 11.3 Å². The summed E-state index contributed by atoms with van der Waals surface area (Å²) in [5.41, 5.74) is 1.68. The van der Waals surface area contributed by atoms with Crippen LogP contribution in [0.15, 0.2) is 30.3 Å². The molecule has 1 aliphatic heterocycles. The fourth-order valence-electron chi connectivity index (χ4n) is 3.02. The lowest BCUT2D eigenvalue weighted by Crippen LogP contribution is -2.40. The highest BCUT2D eigenvalue weighted by Crippen LogP contribution is 2.30. The first-order valence-electron chi connectivity index (χ1n) is 7.95. The summed E-state index contributed by atoms with van der Waals surface area (Å²) in [4.78, 5) is 19.7. The van der Waals surface area contributed by atoms with Crippen molar-refractivity contribution in [1.29, 1.82) is 0 Å². The topological polar surface area (TPSA) is 67.3 Å². The van der Waals surface area contributed by atoms with Gasteiger partial charge in [-0.05, 0) is 20.3 Å². The number of carbonyl (C=O) groups excluding carboxylic acids is 1. The molecule has 0 saturated carbocycles. The molecule has 0 N–H and O–H groups in total. The van der Waals surface area contributed by atoms with Crippen molar-refractivity contribution in [2.45, 2.75) is 26.3 Å². The van der Waals surface area contributed by atoms with Crippen LogP contribution in [0, 0.1) is 6.92 Å². The molecular weight excluding hydrogens is 344 g/mol. The van der Waals surface area contributed by atoms with Gasteiger partial charge in [-0.2, -0.15) is 0 Å². The Balaban J connectivity index is 1.88. The molecule has 1 aliphatic rings. The number of amides is 1. The Morgan fingerprint density at radius 3 is 2.62 bits per heavy atom.